The molecule has 0 fully saturated rings. The summed E-state index contributed by atoms with van der Waals surface area (Å²) in [5.74, 6) is 0.292. The summed E-state index contributed by atoms with van der Waals surface area (Å²) in [6, 6.07) is 3.22. The molecule has 0 amide bonds. The maximum Gasteiger partial charge on any atom is 0.243 e. The topological polar surface area (TPSA) is 42.6 Å². The number of aliphatic imine (C=N–C) groups is 1. The fourth-order valence-electron chi connectivity index (χ4n) is 0.378. The van der Waals surface area contributed by atoms with E-state index in [1.165, 1.54) is 12.3 Å². The van der Waals surface area contributed by atoms with E-state index >= 15 is 0 Å². The van der Waals surface area contributed by atoms with Gasteiger partial charge in [-0.25, -0.2) is 4.79 Å². The van der Waals surface area contributed by atoms with Gasteiger partial charge < -0.3 is 4.42 Å². The molecule has 0 bridgehead atoms. The van der Waals surface area contributed by atoms with Gasteiger partial charge in [-0.3, -0.25) is 0 Å². The number of isocyanates is 1. The largest absolute Gasteiger partial charge is 0.446 e. The second kappa shape index (κ2) is 2.09. The zero-order valence-electron chi connectivity index (χ0n) is 4.00. The minimum Gasteiger partial charge on any atom is -0.446 e. The SMILES string of the molecule is O=C=Nc1ccco1. The van der Waals surface area contributed by atoms with E-state index in [2.05, 4.69) is 9.41 Å². The van der Waals surface area contributed by atoms with Crippen LogP contribution in [0.2, 0.25) is 0 Å². The molecule has 0 spiro atoms. The molecule has 40 valence electrons. The zero-order chi connectivity index (χ0) is 5.82. The Kier molecular flexibility index (Phi) is 1.26. The van der Waals surface area contributed by atoms with Crippen molar-refractivity contribution in [2.75, 3.05) is 0 Å². The second-order valence-electron chi connectivity index (χ2n) is 1.15. The third-order valence-electron chi connectivity index (χ3n) is 0.662. The van der Waals surface area contributed by atoms with Gasteiger partial charge in [-0.1, -0.05) is 0 Å². The molecule has 0 saturated heterocycles. The van der Waals surface area contributed by atoms with Crippen LogP contribution in [-0.4, -0.2) is 6.08 Å². The Hall–Kier alpha value is -1.34. The maximum absolute atomic E-state index is 9.52. The van der Waals surface area contributed by atoms with Crippen molar-refractivity contribution in [2.45, 2.75) is 0 Å². The minimum absolute atomic E-state index is 0.292. The van der Waals surface area contributed by atoms with Crippen LogP contribution in [0.3, 0.4) is 0 Å². The van der Waals surface area contributed by atoms with Crippen LogP contribution >= 0.6 is 0 Å². The second-order valence-corrected chi connectivity index (χ2v) is 1.15. The summed E-state index contributed by atoms with van der Waals surface area (Å²) in [7, 11) is 0. The summed E-state index contributed by atoms with van der Waals surface area (Å²) in [5.41, 5.74) is 0. The lowest BCUT2D eigenvalue weighted by Crippen LogP contribution is -1.47. The summed E-state index contributed by atoms with van der Waals surface area (Å²) in [5, 5.41) is 0. The maximum atomic E-state index is 9.52. The number of carbonyl (C=O) groups excluding carboxylic acids is 1. The van der Waals surface area contributed by atoms with Gasteiger partial charge in [-0.05, 0) is 6.07 Å². The third-order valence-corrected chi connectivity index (χ3v) is 0.662. The van der Waals surface area contributed by atoms with Crippen LogP contribution in [0, 0.1) is 0 Å². The van der Waals surface area contributed by atoms with Crippen LogP contribution in [0.1, 0.15) is 0 Å². The van der Waals surface area contributed by atoms with Gasteiger partial charge in [0.15, 0.2) is 0 Å². The highest BCUT2D eigenvalue weighted by Gasteiger charge is 1.84. The first-order valence-electron chi connectivity index (χ1n) is 2.05. The molecule has 0 aliphatic carbocycles. The average molecular weight is 109 g/mol. The number of hydrogen-bond acceptors (Lipinski definition) is 3. The van der Waals surface area contributed by atoms with E-state index in [0.717, 1.165) is 0 Å². The first-order valence-corrected chi connectivity index (χ1v) is 2.05. The van der Waals surface area contributed by atoms with E-state index in [1.54, 1.807) is 12.1 Å². The van der Waals surface area contributed by atoms with E-state index in [-0.39, 0.29) is 0 Å². The number of hydrogen-bond donors (Lipinski definition) is 0. The Morgan fingerprint density at radius 3 is 3.12 bits per heavy atom. The van der Waals surface area contributed by atoms with Crippen LogP contribution in [0.25, 0.3) is 0 Å². The van der Waals surface area contributed by atoms with Gasteiger partial charge in [0.2, 0.25) is 12.0 Å². The smallest absolute Gasteiger partial charge is 0.243 e. The fraction of sp³-hybridized carbons (Fsp3) is 0. The Balaban J connectivity index is 2.93. The van der Waals surface area contributed by atoms with E-state index in [9.17, 15) is 4.79 Å². The Morgan fingerprint density at radius 1 is 1.75 bits per heavy atom. The molecule has 1 rings (SSSR count). The lowest BCUT2D eigenvalue weighted by atomic mass is 10.6. The van der Waals surface area contributed by atoms with E-state index < -0.39 is 0 Å². The number of nitrogens with zero attached hydrogens (tertiary/aromatic N) is 1. The molecule has 3 heteroatoms. The molecular weight excluding hydrogens is 106 g/mol. The standard InChI is InChI=1S/C5H3NO2/c7-4-6-5-2-1-3-8-5/h1-3H. The fourth-order valence-corrected chi connectivity index (χ4v) is 0.378. The first-order chi connectivity index (χ1) is 3.93. The highest BCUT2D eigenvalue weighted by atomic mass is 16.3. The minimum atomic E-state index is 0.292. The molecule has 1 aromatic rings. The van der Waals surface area contributed by atoms with Crippen molar-refractivity contribution in [1.82, 2.24) is 0 Å². The van der Waals surface area contributed by atoms with Crippen molar-refractivity contribution in [2.24, 2.45) is 4.99 Å². The van der Waals surface area contributed by atoms with E-state index in [4.69, 9.17) is 0 Å². The van der Waals surface area contributed by atoms with E-state index in [1.807, 2.05) is 0 Å². The normalized spacial score (nSPS) is 8.00. The van der Waals surface area contributed by atoms with Gasteiger partial charge in [0.05, 0.1) is 6.26 Å². The molecule has 0 unspecified atom stereocenters. The molecule has 0 radical (unpaired) electrons. The third kappa shape index (κ3) is 0.832. The predicted molar refractivity (Wildman–Crippen MR) is 26.5 cm³/mol. The summed E-state index contributed by atoms with van der Waals surface area (Å²) in [6.45, 7) is 0. The van der Waals surface area contributed by atoms with Crippen LogP contribution in [0.4, 0.5) is 5.88 Å². The van der Waals surface area contributed by atoms with Gasteiger partial charge >= 0.3 is 0 Å². The highest BCUT2D eigenvalue weighted by molar-refractivity contribution is 5.42. The van der Waals surface area contributed by atoms with Crippen molar-refractivity contribution < 1.29 is 9.21 Å². The summed E-state index contributed by atoms with van der Waals surface area (Å²) in [4.78, 5) is 12.7. The van der Waals surface area contributed by atoms with Crippen LogP contribution < -0.4 is 0 Å². The van der Waals surface area contributed by atoms with Gasteiger partial charge in [0, 0.05) is 6.07 Å². The van der Waals surface area contributed by atoms with Crippen molar-refractivity contribution >= 4 is 12.0 Å². The molecule has 0 aliphatic rings. The molecule has 0 aliphatic heterocycles. The molecule has 3 nitrogen and oxygen atoms in total. The highest BCUT2D eigenvalue weighted by Crippen LogP contribution is 2.08. The van der Waals surface area contributed by atoms with Gasteiger partial charge in [0.25, 0.3) is 0 Å². The number of rotatable bonds is 1. The summed E-state index contributed by atoms with van der Waals surface area (Å²) in [6.07, 6.45) is 2.79. The lowest BCUT2D eigenvalue weighted by molar-refractivity contribution is 0.554. The Labute approximate surface area is 45.6 Å². The van der Waals surface area contributed by atoms with Crippen molar-refractivity contribution in [3.8, 4) is 0 Å². The first kappa shape index (κ1) is 4.81. The molecule has 1 aromatic heterocycles. The lowest BCUT2D eigenvalue weighted by Gasteiger charge is -1.70. The molecule has 0 N–H and O–H groups in total. The molecule has 0 saturated carbocycles. The van der Waals surface area contributed by atoms with Gasteiger partial charge in [0.1, 0.15) is 0 Å². The van der Waals surface area contributed by atoms with Crippen LogP contribution in [0.5, 0.6) is 0 Å². The predicted octanol–water partition coefficient (Wildman–Crippen LogP) is 1.25. The molecule has 1 heterocycles. The van der Waals surface area contributed by atoms with Crippen LogP contribution in [-0.2, 0) is 4.79 Å². The van der Waals surface area contributed by atoms with Gasteiger partial charge in [-0.2, -0.15) is 0 Å². The molecule has 0 atom stereocenters. The number of furan rings is 1. The van der Waals surface area contributed by atoms with Gasteiger partial charge in [-0.15, -0.1) is 4.99 Å². The van der Waals surface area contributed by atoms with E-state index in [0.29, 0.717) is 5.88 Å². The summed E-state index contributed by atoms with van der Waals surface area (Å²) < 4.78 is 4.64. The Morgan fingerprint density at radius 2 is 2.62 bits per heavy atom. The zero-order valence-corrected chi connectivity index (χ0v) is 4.00. The molecule has 0 aromatic carbocycles. The molecule has 8 heavy (non-hydrogen) atoms. The van der Waals surface area contributed by atoms with Crippen molar-refractivity contribution in [3.05, 3.63) is 18.4 Å². The Bertz CT molecular complexity index is 196. The average Bonchev–Trinajstić information content (AvgIpc) is 2.19. The molecular formula is C5H3NO2. The van der Waals surface area contributed by atoms with Crippen molar-refractivity contribution in [1.29, 1.82) is 0 Å². The van der Waals surface area contributed by atoms with Crippen LogP contribution in [0.15, 0.2) is 27.8 Å². The van der Waals surface area contributed by atoms with Crippen molar-refractivity contribution in [3.63, 3.8) is 0 Å². The quantitative estimate of drug-likeness (QED) is 0.402. The monoisotopic (exact) mass is 109 g/mol. The summed E-state index contributed by atoms with van der Waals surface area (Å²) >= 11 is 0.